The lowest BCUT2D eigenvalue weighted by molar-refractivity contribution is 0.00416. The van der Waals surface area contributed by atoms with Crippen molar-refractivity contribution < 1.29 is 9.13 Å². The van der Waals surface area contributed by atoms with Gasteiger partial charge in [0.05, 0.1) is 12.7 Å². The summed E-state index contributed by atoms with van der Waals surface area (Å²) in [5, 5.41) is 9.44. The summed E-state index contributed by atoms with van der Waals surface area (Å²) >= 11 is 0. The first-order valence-corrected chi connectivity index (χ1v) is 10.7. The third-order valence-electron chi connectivity index (χ3n) is 5.72. The van der Waals surface area contributed by atoms with E-state index in [-0.39, 0.29) is 18.8 Å². The Morgan fingerprint density at radius 3 is 1.56 bits per heavy atom. The Kier molecular flexibility index (Phi) is 6.75. The van der Waals surface area contributed by atoms with Crippen molar-refractivity contribution in [2.45, 2.75) is 17.9 Å². The fraction of sp³-hybridized carbons (Fsp3) is 0.138. The fourth-order valence-corrected chi connectivity index (χ4v) is 4.17. The van der Waals surface area contributed by atoms with Crippen LogP contribution in [0.4, 0.5) is 4.39 Å². The van der Waals surface area contributed by atoms with Crippen LogP contribution in [-0.2, 0) is 10.3 Å². The number of halogens is 1. The second-order valence-electron chi connectivity index (χ2n) is 7.67. The molecule has 0 aliphatic heterocycles. The quantitative estimate of drug-likeness (QED) is 0.292. The summed E-state index contributed by atoms with van der Waals surface area (Å²) in [5.41, 5.74) is 2.52. The van der Waals surface area contributed by atoms with Crippen LogP contribution in [0.3, 0.4) is 0 Å². The summed E-state index contributed by atoms with van der Waals surface area (Å²) in [6.07, 6.45) is 0.162. The molecule has 1 atom stereocenters. The van der Waals surface area contributed by atoms with Crippen LogP contribution in [-0.4, -0.2) is 6.61 Å². The Labute approximate surface area is 188 Å². The van der Waals surface area contributed by atoms with E-state index in [1.54, 1.807) is 18.2 Å². The second-order valence-corrected chi connectivity index (χ2v) is 7.67. The highest BCUT2D eigenvalue weighted by Crippen LogP contribution is 2.41. The lowest BCUT2D eigenvalue weighted by Gasteiger charge is -2.37. The highest BCUT2D eigenvalue weighted by Gasteiger charge is 2.38. The number of nitrogens with zero attached hydrogens (tertiary/aromatic N) is 1. The van der Waals surface area contributed by atoms with Crippen molar-refractivity contribution in [2.75, 3.05) is 6.61 Å². The molecule has 0 saturated carbocycles. The summed E-state index contributed by atoms with van der Waals surface area (Å²) in [6, 6.07) is 38.9. The van der Waals surface area contributed by atoms with Crippen LogP contribution in [0.2, 0.25) is 0 Å². The minimum atomic E-state index is -0.900. The summed E-state index contributed by atoms with van der Waals surface area (Å²) in [6.45, 7) is 0.188. The maximum atomic E-state index is 14.6. The number of benzene rings is 4. The van der Waals surface area contributed by atoms with E-state index in [2.05, 4.69) is 6.07 Å². The molecule has 0 unspecified atom stereocenters. The van der Waals surface area contributed by atoms with E-state index in [4.69, 9.17) is 4.74 Å². The van der Waals surface area contributed by atoms with Gasteiger partial charge >= 0.3 is 0 Å². The molecule has 0 saturated heterocycles. The zero-order valence-electron chi connectivity index (χ0n) is 17.7. The summed E-state index contributed by atoms with van der Waals surface area (Å²) in [7, 11) is 0. The van der Waals surface area contributed by atoms with Crippen molar-refractivity contribution in [3.63, 3.8) is 0 Å². The Hall–Kier alpha value is -3.74. The van der Waals surface area contributed by atoms with E-state index in [0.29, 0.717) is 5.56 Å². The molecule has 0 aliphatic carbocycles. The van der Waals surface area contributed by atoms with Gasteiger partial charge in [0.25, 0.3) is 0 Å². The standard InChI is InChI=1S/C29H24FNO/c30-28-19-11-10-18-27(28)23(20-21-31)22-32-29(24-12-4-1-5-13-24,25-14-6-2-7-15-25)26-16-8-3-9-17-26/h1-19,23H,20,22H2/t23-/m1/s1. The Morgan fingerprint density at radius 2 is 1.12 bits per heavy atom. The summed E-state index contributed by atoms with van der Waals surface area (Å²) in [5.74, 6) is -0.710. The molecule has 0 bridgehead atoms. The van der Waals surface area contributed by atoms with Crippen molar-refractivity contribution in [1.29, 1.82) is 5.26 Å². The number of hydrogen-bond acceptors (Lipinski definition) is 2. The van der Waals surface area contributed by atoms with Crippen LogP contribution in [0.15, 0.2) is 115 Å². The molecule has 2 nitrogen and oxygen atoms in total. The number of nitriles is 1. The van der Waals surface area contributed by atoms with Gasteiger partial charge in [0, 0.05) is 12.3 Å². The molecule has 0 fully saturated rings. The molecule has 0 heterocycles. The summed E-state index contributed by atoms with van der Waals surface area (Å²) < 4.78 is 21.4. The minimum absolute atomic E-state index is 0.162. The van der Waals surface area contributed by atoms with E-state index >= 15 is 0 Å². The van der Waals surface area contributed by atoms with Crippen molar-refractivity contribution in [2.24, 2.45) is 0 Å². The van der Waals surface area contributed by atoms with Gasteiger partial charge in [-0.3, -0.25) is 0 Å². The van der Waals surface area contributed by atoms with Crippen LogP contribution < -0.4 is 0 Å². The Balaban J connectivity index is 1.84. The van der Waals surface area contributed by atoms with Gasteiger partial charge in [0.1, 0.15) is 11.4 Å². The van der Waals surface area contributed by atoms with Crippen molar-refractivity contribution in [3.05, 3.63) is 143 Å². The highest BCUT2D eigenvalue weighted by atomic mass is 19.1. The molecule has 0 amide bonds. The molecule has 0 aromatic heterocycles. The van der Waals surface area contributed by atoms with Crippen molar-refractivity contribution >= 4 is 0 Å². The van der Waals surface area contributed by atoms with Crippen LogP contribution >= 0.6 is 0 Å². The maximum Gasteiger partial charge on any atom is 0.143 e. The Bertz CT molecular complexity index is 1070. The molecular weight excluding hydrogens is 397 g/mol. The second kappa shape index (κ2) is 10.0. The van der Waals surface area contributed by atoms with Gasteiger partial charge in [-0.1, -0.05) is 109 Å². The topological polar surface area (TPSA) is 33.0 Å². The average molecular weight is 422 g/mol. The van der Waals surface area contributed by atoms with Crippen LogP contribution in [0.1, 0.15) is 34.6 Å². The molecular formula is C29H24FNO. The fourth-order valence-electron chi connectivity index (χ4n) is 4.17. The maximum absolute atomic E-state index is 14.6. The first-order chi connectivity index (χ1) is 15.8. The van der Waals surface area contributed by atoms with Gasteiger partial charge in [-0.25, -0.2) is 4.39 Å². The largest absolute Gasteiger partial charge is 0.360 e. The lowest BCUT2D eigenvalue weighted by atomic mass is 9.80. The molecule has 4 rings (SSSR count). The van der Waals surface area contributed by atoms with Gasteiger partial charge in [-0.2, -0.15) is 5.26 Å². The van der Waals surface area contributed by atoms with Gasteiger partial charge in [-0.05, 0) is 28.3 Å². The van der Waals surface area contributed by atoms with E-state index in [9.17, 15) is 9.65 Å². The summed E-state index contributed by atoms with van der Waals surface area (Å²) in [4.78, 5) is 0. The van der Waals surface area contributed by atoms with Crippen molar-refractivity contribution in [3.8, 4) is 6.07 Å². The zero-order valence-corrected chi connectivity index (χ0v) is 17.7. The first kappa shape index (κ1) is 21.5. The average Bonchev–Trinajstić information content (AvgIpc) is 2.86. The van der Waals surface area contributed by atoms with Crippen LogP contribution in [0, 0.1) is 17.1 Å². The molecule has 0 aliphatic rings. The molecule has 0 N–H and O–H groups in total. The highest BCUT2D eigenvalue weighted by molar-refractivity contribution is 5.47. The third-order valence-corrected chi connectivity index (χ3v) is 5.72. The third kappa shape index (κ3) is 4.32. The monoisotopic (exact) mass is 421 g/mol. The van der Waals surface area contributed by atoms with Gasteiger partial charge < -0.3 is 4.74 Å². The van der Waals surface area contributed by atoms with E-state index in [1.807, 2.05) is 91.0 Å². The number of hydrogen-bond donors (Lipinski definition) is 0. The molecule has 4 aromatic rings. The van der Waals surface area contributed by atoms with E-state index in [1.165, 1.54) is 6.07 Å². The molecule has 3 heteroatoms. The number of rotatable bonds is 8. The van der Waals surface area contributed by atoms with Gasteiger partial charge in [-0.15, -0.1) is 0 Å². The van der Waals surface area contributed by atoms with Crippen LogP contribution in [0.25, 0.3) is 0 Å². The normalized spacial score (nSPS) is 12.1. The smallest absolute Gasteiger partial charge is 0.143 e. The molecule has 0 radical (unpaired) electrons. The predicted molar refractivity (Wildman–Crippen MR) is 125 cm³/mol. The van der Waals surface area contributed by atoms with E-state index < -0.39 is 11.5 Å². The molecule has 32 heavy (non-hydrogen) atoms. The zero-order chi connectivity index (χ0) is 22.2. The SMILES string of the molecule is N#CC[C@H](COC(c1ccccc1)(c1ccccc1)c1ccccc1)c1ccccc1F. The molecule has 4 aromatic carbocycles. The first-order valence-electron chi connectivity index (χ1n) is 10.7. The lowest BCUT2D eigenvalue weighted by Crippen LogP contribution is -2.34. The molecule has 0 spiro atoms. The molecule has 158 valence electrons. The van der Waals surface area contributed by atoms with Gasteiger partial charge in [0.2, 0.25) is 0 Å². The number of ether oxygens (including phenoxy) is 1. The van der Waals surface area contributed by atoms with E-state index in [0.717, 1.165) is 16.7 Å². The predicted octanol–water partition coefficient (Wildman–Crippen LogP) is 6.83. The Morgan fingerprint density at radius 1 is 0.688 bits per heavy atom. The van der Waals surface area contributed by atoms with Crippen LogP contribution in [0.5, 0.6) is 0 Å². The van der Waals surface area contributed by atoms with Crippen molar-refractivity contribution in [1.82, 2.24) is 0 Å². The van der Waals surface area contributed by atoms with Gasteiger partial charge in [0.15, 0.2) is 0 Å². The minimum Gasteiger partial charge on any atom is -0.360 e.